The van der Waals surface area contributed by atoms with Crippen LogP contribution in [0.4, 0.5) is 0 Å². The smallest absolute Gasteiger partial charge is 0.137 e. The van der Waals surface area contributed by atoms with Gasteiger partial charge >= 0.3 is 0 Å². The normalized spacial score (nSPS) is 14.7. The molecule has 1 aromatic carbocycles. The summed E-state index contributed by atoms with van der Waals surface area (Å²) in [6.07, 6.45) is 7.09. The van der Waals surface area contributed by atoms with E-state index in [1.54, 1.807) is 0 Å². The highest BCUT2D eigenvalue weighted by Crippen LogP contribution is 2.29. The minimum absolute atomic E-state index is 0.732. The van der Waals surface area contributed by atoms with Crippen LogP contribution in [0.3, 0.4) is 0 Å². The van der Waals surface area contributed by atoms with Gasteiger partial charge in [-0.25, -0.2) is 4.98 Å². The molecule has 0 saturated heterocycles. The molecule has 0 bridgehead atoms. The number of pyridine rings is 1. The number of hydrogen-bond donors (Lipinski definition) is 1. The van der Waals surface area contributed by atoms with Crippen molar-refractivity contribution in [2.24, 2.45) is 0 Å². The van der Waals surface area contributed by atoms with Crippen molar-refractivity contribution in [3.05, 3.63) is 71.0 Å². The molecule has 3 nitrogen and oxygen atoms in total. The lowest BCUT2D eigenvalue weighted by atomic mass is 9.99. The number of halogens is 1. The van der Waals surface area contributed by atoms with Crippen molar-refractivity contribution in [1.82, 2.24) is 14.9 Å². The molecule has 0 atom stereocenters. The van der Waals surface area contributed by atoms with Crippen LogP contribution in [-0.4, -0.2) is 32.9 Å². The quantitative estimate of drug-likeness (QED) is 0.679. The number of thiocarbonyl (C=S) groups is 1. The van der Waals surface area contributed by atoms with E-state index >= 15 is 0 Å². The summed E-state index contributed by atoms with van der Waals surface area (Å²) in [6.45, 7) is 1.74. The van der Waals surface area contributed by atoms with Gasteiger partial charge in [0.05, 0.1) is 0 Å². The molecule has 4 rings (SSSR count). The predicted octanol–water partition coefficient (Wildman–Crippen LogP) is 4.68. The molecular formula is C19H16ClN3S. The number of aromatic amines is 1. The van der Waals surface area contributed by atoms with Gasteiger partial charge in [-0.1, -0.05) is 42.0 Å². The summed E-state index contributed by atoms with van der Waals surface area (Å²) >= 11 is 11.6. The van der Waals surface area contributed by atoms with Crippen LogP contribution in [-0.2, 0) is 0 Å². The van der Waals surface area contributed by atoms with E-state index in [2.05, 4.69) is 33.2 Å². The van der Waals surface area contributed by atoms with E-state index in [-0.39, 0.29) is 0 Å². The highest BCUT2D eigenvalue weighted by molar-refractivity contribution is 7.80. The van der Waals surface area contributed by atoms with Crippen molar-refractivity contribution in [1.29, 1.82) is 0 Å². The Morgan fingerprint density at radius 1 is 1.21 bits per heavy atom. The number of hydrogen-bond acceptors (Lipinski definition) is 2. The van der Waals surface area contributed by atoms with Crippen molar-refractivity contribution >= 4 is 45.4 Å². The van der Waals surface area contributed by atoms with Crippen LogP contribution in [0.25, 0.3) is 16.6 Å². The fraction of sp³-hybridized carbons (Fsp3) is 0.158. The molecule has 0 spiro atoms. The largest absolute Gasteiger partial charge is 0.358 e. The van der Waals surface area contributed by atoms with E-state index in [4.69, 9.17) is 23.8 Å². The number of nitrogens with one attached hydrogen (secondary N) is 1. The third-order valence-corrected chi connectivity index (χ3v) is 5.13. The molecule has 5 heteroatoms. The third kappa shape index (κ3) is 2.83. The van der Waals surface area contributed by atoms with Gasteiger partial charge in [0, 0.05) is 47.0 Å². The summed E-state index contributed by atoms with van der Waals surface area (Å²) in [7, 11) is 0. The maximum absolute atomic E-state index is 5.95. The molecular weight excluding hydrogens is 338 g/mol. The lowest BCUT2D eigenvalue weighted by Gasteiger charge is -2.29. The highest BCUT2D eigenvalue weighted by atomic mass is 35.5. The highest BCUT2D eigenvalue weighted by Gasteiger charge is 2.18. The van der Waals surface area contributed by atoms with Crippen molar-refractivity contribution < 1.29 is 0 Å². The van der Waals surface area contributed by atoms with Gasteiger partial charge < -0.3 is 9.88 Å². The molecule has 0 amide bonds. The first-order valence-corrected chi connectivity index (χ1v) is 8.67. The first-order chi connectivity index (χ1) is 11.7. The molecule has 2 aromatic heterocycles. The topological polar surface area (TPSA) is 31.9 Å². The van der Waals surface area contributed by atoms with Crippen molar-refractivity contribution in [3.8, 4) is 0 Å². The van der Waals surface area contributed by atoms with Gasteiger partial charge in [-0.05, 0) is 36.3 Å². The molecule has 3 aromatic rings. The van der Waals surface area contributed by atoms with E-state index in [0.29, 0.717) is 0 Å². The van der Waals surface area contributed by atoms with E-state index in [1.807, 2.05) is 36.5 Å². The summed E-state index contributed by atoms with van der Waals surface area (Å²) in [5.41, 5.74) is 4.58. The molecule has 0 fully saturated rings. The van der Waals surface area contributed by atoms with Gasteiger partial charge in [-0.15, -0.1) is 0 Å². The Balaban J connectivity index is 1.55. The lowest BCUT2D eigenvalue weighted by Crippen LogP contribution is -2.33. The molecule has 1 aliphatic rings. The Hall–Kier alpha value is -2.17. The van der Waals surface area contributed by atoms with Crippen LogP contribution in [0, 0.1) is 0 Å². The molecule has 120 valence electrons. The summed E-state index contributed by atoms with van der Waals surface area (Å²) in [5, 5.41) is 1.91. The van der Waals surface area contributed by atoms with Gasteiger partial charge in [-0.3, -0.25) is 0 Å². The Labute approximate surface area is 151 Å². The van der Waals surface area contributed by atoms with Gasteiger partial charge in [0.25, 0.3) is 0 Å². The number of fused-ring (bicyclic) bond motifs is 1. The number of benzene rings is 1. The van der Waals surface area contributed by atoms with Crippen LogP contribution in [0.5, 0.6) is 0 Å². The average molecular weight is 354 g/mol. The first-order valence-electron chi connectivity index (χ1n) is 7.89. The standard InChI is InChI=1S/C19H16ClN3S/c20-15-5-3-14(4-6-15)19(24)23-10-7-13(8-11-23)17-12-22-18-16(17)2-1-9-21-18/h1-7,9,12H,8,10-11H2,(H,21,22). The predicted molar refractivity (Wildman–Crippen MR) is 103 cm³/mol. The van der Waals surface area contributed by atoms with Crippen LogP contribution >= 0.6 is 23.8 Å². The van der Waals surface area contributed by atoms with Gasteiger partial charge in [0.1, 0.15) is 10.6 Å². The number of nitrogens with zero attached hydrogens (tertiary/aromatic N) is 2. The molecule has 24 heavy (non-hydrogen) atoms. The molecule has 3 heterocycles. The average Bonchev–Trinajstić information content (AvgIpc) is 3.06. The van der Waals surface area contributed by atoms with E-state index in [9.17, 15) is 0 Å². The van der Waals surface area contributed by atoms with Crippen LogP contribution in [0.1, 0.15) is 17.5 Å². The molecule has 0 saturated carbocycles. The summed E-state index contributed by atoms with van der Waals surface area (Å²) in [6, 6.07) is 11.8. The summed E-state index contributed by atoms with van der Waals surface area (Å²) in [4.78, 5) is 10.7. The Kier molecular flexibility index (Phi) is 4.08. The van der Waals surface area contributed by atoms with Crippen molar-refractivity contribution in [2.75, 3.05) is 13.1 Å². The summed E-state index contributed by atoms with van der Waals surface area (Å²) in [5.74, 6) is 0. The maximum atomic E-state index is 5.95. The number of rotatable bonds is 2. The van der Waals surface area contributed by atoms with Crippen molar-refractivity contribution in [3.63, 3.8) is 0 Å². The van der Waals surface area contributed by atoms with Crippen LogP contribution in [0.2, 0.25) is 5.02 Å². The monoisotopic (exact) mass is 353 g/mol. The van der Waals surface area contributed by atoms with Gasteiger partial charge in [0.15, 0.2) is 0 Å². The second kappa shape index (κ2) is 6.38. The third-order valence-electron chi connectivity index (χ3n) is 4.38. The fourth-order valence-corrected chi connectivity index (χ4v) is 3.52. The van der Waals surface area contributed by atoms with Crippen LogP contribution < -0.4 is 0 Å². The molecule has 0 aliphatic carbocycles. The number of aromatic nitrogens is 2. The fourth-order valence-electron chi connectivity index (χ4n) is 3.09. The van der Waals surface area contributed by atoms with Crippen LogP contribution in [0.15, 0.2) is 54.9 Å². The zero-order valence-electron chi connectivity index (χ0n) is 13.0. The Morgan fingerprint density at radius 3 is 2.79 bits per heavy atom. The molecule has 1 aliphatic heterocycles. The molecule has 0 unspecified atom stereocenters. The second-order valence-electron chi connectivity index (χ2n) is 5.84. The zero-order chi connectivity index (χ0) is 16.5. The second-order valence-corrected chi connectivity index (χ2v) is 6.66. The van der Waals surface area contributed by atoms with Gasteiger partial charge in [-0.2, -0.15) is 0 Å². The SMILES string of the molecule is S=C(c1ccc(Cl)cc1)N1CC=C(c2c[nH]c3ncccc23)CC1. The van der Waals surface area contributed by atoms with E-state index in [0.717, 1.165) is 40.7 Å². The minimum atomic E-state index is 0.732. The maximum Gasteiger partial charge on any atom is 0.137 e. The zero-order valence-corrected chi connectivity index (χ0v) is 14.6. The van der Waals surface area contributed by atoms with Crippen molar-refractivity contribution in [2.45, 2.75) is 6.42 Å². The van der Waals surface area contributed by atoms with Gasteiger partial charge in [0.2, 0.25) is 0 Å². The molecule has 1 N–H and O–H groups in total. The van der Waals surface area contributed by atoms with E-state index in [1.165, 1.54) is 16.5 Å². The molecule has 0 radical (unpaired) electrons. The first kappa shape index (κ1) is 15.4. The minimum Gasteiger partial charge on any atom is -0.358 e. The number of H-pyrrole nitrogens is 1. The van der Waals surface area contributed by atoms with E-state index < -0.39 is 0 Å². The Bertz CT molecular complexity index is 927. The Morgan fingerprint density at radius 2 is 2.04 bits per heavy atom. The summed E-state index contributed by atoms with van der Waals surface area (Å²) < 4.78 is 0. The lowest BCUT2D eigenvalue weighted by molar-refractivity contribution is 0.468.